The van der Waals surface area contributed by atoms with Crippen LogP contribution in [0.3, 0.4) is 0 Å². The molecule has 0 amide bonds. The average molecular weight is 353 g/mol. The molecule has 2 aliphatic rings. The summed E-state index contributed by atoms with van der Waals surface area (Å²) in [4.78, 5) is 13.3. The van der Waals surface area contributed by atoms with Crippen LogP contribution in [-0.4, -0.2) is 23.7 Å². The van der Waals surface area contributed by atoms with Crippen molar-refractivity contribution >= 4 is 39.6 Å². The molecule has 3 atom stereocenters. The lowest BCUT2D eigenvalue weighted by Crippen LogP contribution is -2.40. The van der Waals surface area contributed by atoms with Gasteiger partial charge in [0.25, 0.3) is 0 Å². The number of thiophene rings is 1. The Balaban J connectivity index is 1.68. The van der Waals surface area contributed by atoms with Crippen molar-refractivity contribution in [1.82, 2.24) is 5.32 Å². The van der Waals surface area contributed by atoms with Gasteiger partial charge in [0.2, 0.25) is 0 Å². The third kappa shape index (κ3) is 3.38. The van der Waals surface area contributed by atoms with Gasteiger partial charge in [-0.3, -0.25) is 0 Å². The summed E-state index contributed by atoms with van der Waals surface area (Å²) >= 11 is 7.04. The minimum atomic E-state index is -0.278. The third-order valence-corrected chi connectivity index (χ3v) is 6.49. The van der Waals surface area contributed by atoms with Gasteiger partial charge < -0.3 is 15.4 Å². The Morgan fingerprint density at radius 2 is 2.13 bits per heavy atom. The molecule has 0 unspecified atom stereocenters. The zero-order valence-electron chi connectivity index (χ0n) is 13.9. The Morgan fingerprint density at radius 1 is 1.35 bits per heavy atom. The highest BCUT2D eigenvalue weighted by atomic mass is 32.1. The first-order chi connectivity index (χ1) is 11.0. The minimum Gasteiger partial charge on any atom is -0.462 e. The van der Waals surface area contributed by atoms with Crippen LogP contribution in [0.5, 0.6) is 0 Å². The standard InChI is InChI=1S/C17H24N2O2S2/c1-4-21-16(20)14-9(2)10(3)23-15(14)19-17(22)18-13-8-11-5-6-12(13)7-11/h11-13H,4-8H2,1-3H3,(H2,18,19,22)/t11-,12+,13+/m0/s1. The van der Waals surface area contributed by atoms with Crippen LogP contribution in [-0.2, 0) is 4.74 Å². The number of hydrogen-bond acceptors (Lipinski definition) is 4. The number of nitrogens with one attached hydrogen (secondary N) is 2. The molecule has 2 saturated carbocycles. The highest BCUT2D eigenvalue weighted by molar-refractivity contribution is 7.80. The molecule has 1 heterocycles. The first kappa shape index (κ1) is 16.7. The summed E-state index contributed by atoms with van der Waals surface area (Å²) in [5, 5.41) is 8.11. The molecule has 2 aliphatic carbocycles. The molecule has 6 heteroatoms. The fourth-order valence-corrected chi connectivity index (χ4v) is 5.26. The van der Waals surface area contributed by atoms with Crippen LogP contribution < -0.4 is 10.6 Å². The maximum atomic E-state index is 12.2. The van der Waals surface area contributed by atoms with Crippen molar-refractivity contribution in [3.05, 3.63) is 16.0 Å². The van der Waals surface area contributed by atoms with E-state index in [2.05, 4.69) is 10.6 Å². The van der Waals surface area contributed by atoms with Gasteiger partial charge in [0, 0.05) is 10.9 Å². The number of hydrogen-bond donors (Lipinski definition) is 2. The van der Waals surface area contributed by atoms with Gasteiger partial charge in [-0.2, -0.15) is 0 Å². The molecular formula is C17H24N2O2S2. The van der Waals surface area contributed by atoms with E-state index in [1.165, 1.54) is 25.7 Å². The number of ether oxygens (including phenoxy) is 1. The summed E-state index contributed by atoms with van der Waals surface area (Å²) in [5.41, 5.74) is 1.59. The number of fused-ring (bicyclic) bond motifs is 2. The molecule has 3 rings (SSSR count). The lowest BCUT2D eigenvalue weighted by atomic mass is 9.96. The lowest BCUT2D eigenvalue weighted by Gasteiger charge is -2.24. The summed E-state index contributed by atoms with van der Waals surface area (Å²) in [6.07, 6.45) is 5.25. The zero-order valence-corrected chi connectivity index (χ0v) is 15.5. The number of esters is 1. The molecule has 2 fully saturated rings. The van der Waals surface area contributed by atoms with Gasteiger partial charge in [-0.1, -0.05) is 6.42 Å². The molecule has 0 spiro atoms. The number of carbonyl (C=O) groups is 1. The average Bonchev–Trinajstić information content (AvgIpc) is 3.15. The second kappa shape index (κ2) is 6.77. The number of thiocarbonyl (C=S) groups is 1. The molecule has 2 bridgehead atoms. The van der Waals surface area contributed by atoms with Gasteiger partial charge in [-0.05, 0) is 69.7 Å². The van der Waals surface area contributed by atoms with E-state index >= 15 is 0 Å². The van der Waals surface area contributed by atoms with Gasteiger partial charge in [0.15, 0.2) is 5.11 Å². The van der Waals surface area contributed by atoms with Gasteiger partial charge in [-0.15, -0.1) is 11.3 Å². The summed E-state index contributed by atoms with van der Waals surface area (Å²) in [7, 11) is 0. The quantitative estimate of drug-likeness (QED) is 0.633. The molecule has 0 aliphatic heterocycles. The SMILES string of the molecule is CCOC(=O)c1c(NC(=S)N[C@@H]2C[C@H]3CC[C@@H]2C3)sc(C)c1C. The maximum absolute atomic E-state index is 12.2. The van der Waals surface area contributed by atoms with Crippen LogP contribution in [0, 0.1) is 25.7 Å². The van der Waals surface area contributed by atoms with E-state index in [-0.39, 0.29) is 5.97 Å². The molecule has 0 saturated heterocycles. The van der Waals surface area contributed by atoms with E-state index < -0.39 is 0 Å². The molecule has 1 aromatic heterocycles. The van der Waals surface area contributed by atoms with Crippen LogP contribution in [0.15, 0.2) is 0 Å². The Kier molecular flexibility index (Phi) is 4.92. The van der Waals surface area contributed by atoms with E-state index in [0.717, 1.165) is 27.3 Å². The molecule has 23 heavy (non-hydrogen) atoms. The number of rotatable bonds is 4. The largest absolute Gasteiger partial charge is 0.462 e. The molecule has 0 aromatic carbocycles. The Hall–Kier alpha value is -1.14. The summed E-state index contributed by atoms with van der Waals surface area (Å²) in [5.74, 6) is 1.36. The molecule has 0 radical (unpaired) electrons. The van der Waals surface area contributed by atoms with Crippen molar-refractivity contribution in [1.29, 1.82) is 0 Å². The minimum absolute atomic E-state index is 0.278. The van der Waals surface area contributed by atoms with Gasteiger partial charge in [0.1, 0.15) is 5.00 Å². The van der Waals surface area contributed by atoms with Crippen molar-refractivity contribution in [3.8, 4) is 0 Å². The fourth-order valence-electron chi connectivity index (χ4n) is 3.89. The predicted molar refractivity (Wildman–Crippen MR) is 98.3 cm³/mol. The highest BCUT2D eigenvalue weighted by Crippen LogP contribution is 2.44. The molecule has 126 valence electrons. The normalized spacial score (nSPS) is 25.4. The van der Waals surface area contributed by atoms with Crippen molar-refractivity contribution in [2.24, 2.45) is 11.8 Å². The molecule has 4 nitrogen and oxygen atoms in total. The molecular weight excluding hydrogens is 328 g/mol. The summed E-state index contributed by atoms with van der Waals surface area (Å²) < 4.78 is 5.18. The second-order valence-corrected chi connectivity index (χ2v) is 8.22. The molecule has 1 aromatic rings. The van der Waals surface area contributed by atoms with Crippen molar-refractivity contribution in [2.75, 3.05) is 11.9 Å². The van der Waals surface area contributed by atoms with Crippen molar-refractivity contribution < 1.29 is 9.53 Å². The molecule has 2 N–H and O–H groups in total. The Labute approximate surface area is 147 Å². The smallest absolute Gasteiger partial charge is 0.341 e. The first-order valence-corrected chi connectivity index (χ1v) is 9.56. The van der Waals surface area contributed by atoms with E-state index in [1.54, 1.807) is 11.3 Å². The van der Waals surface area contributed by atoms with Gasteiger partial charge >= 0.3 is 5.97 Å². The van der Waals surface area contributed by atoms with Crippen LogP contribution in [0.1, 0.15) is 53.4 Å². The summed E-state index contributed by atoms with van der Waals surface area (Å²) in [6, 6.07) is 0.488. The lowest BCUT2D eigenvalue weighted by molar-refractivity contribution is 0.0527. The monoisotopic (exact) mass is 352 g/mol. The fraction of sp³-hybridized carbons (Fsp3) is 0.647. The van der Waals surface area contributed by atoms with Crippen LogP contribution in [0.25, 0.3) is 0 Å². The van der Waals surface area contributed by atoms with E-state index in [0.29, 0.717) is 23.3 Å². The van der Waals surface area contributed by atoms with Gasteiger partial charge in [-0.25, -0.2) is 4.79 Å². The number of carbonyl (C=O) groups excluding carboxylic acids is 1. The van der Waals surface area contributed by atoms with Gasteiger partial charge in [0.05, 0.1) is 12.2 Å². The number of anilines is 1. The van der Waals surface area contributed by atoms with E-state index in [9.17, 15) is 4.79 Å². The van der Waals surface area contributed by atoms with Crippen LogP contribution in [0.2, 0.25) is 0 Å². The topological polar surface area (TPSA) is 50.4 Å². The third-order valence-electron chi connectivity index (χ3n) is 5.15. The van der Waals surface area contributed by atoms with Crippen molar-refractivity contribution in [2.45, 2.75) is 52.5 Å². The zero-order chi connectivity index (χ0) is 16.6. The second-order valence-electron chi connectivity index (χ2n) is 6.59. The van der Waals surface area contributed by atoms with E-state index in [4.69, 9.17) is 17.0 Å². The Bertz CT molecular complexity index is 626. The number of aryl methyl sites for hydroxylation is 1. The highest BCUT2D eigenvalue weighted by Gasteiger charge is 2.39. The Morgan fingerprint density at radius 3 is 2.74 bits per heavy atom. The van der Waals surface area contributed by atoms with Crippen LogP contribution >= 0.6 is 23.6 Å². The summed E-state index contributed by atoms with van der Waals surface area (Å²) in [6.45, 7) is 6.16. The van der Waals surface area contributed by atoms with E-state index in [1.807, 2.05) is 20.8 Å². The van der Waals surface area contributed by atoms with Crippen LogP contribution in [0.4, 0.5) is 5.00 Å². The first-order valence-electron chi connectivity index (χ1n) is 8.34. The predicted octanol–water partition coefficient (Wildman–Crippen LogP) is 4.02. The maximum Gasteiger partial charge on any atom is 0.341 e. The van der Waals surface area contributed by atoms with Crippen molar-refractivity contribution in [3.63, 3.8) is 0 Å².